The lowest BCUT2D eigenvalue weighted by atomic mass is 10.2. The summed E-state index contributed by atoms with van der Waals surface area (Å²) in [5.74, 6) is 0.988. The van der Waals surface area contributed by atoms with Crippen molar-refractivity contribution in [1.29, 1.82) is 0 Å². The molecule has 0 aliphatic rings. The van der Waals surface area contributed by atoms with Crippen LogP contribution in [-0.2, 0) is 11.3 Å². The SMILES string of the molecule is CCNC(=NCC(C)COCc1ccccc1)NCCNC(=O)c1ccccc1. The van der Waals surface area contributed by atoms with Gasteiger partial charge in [-0.3, -0.25) is 9.79 Å². The molecule has 6 nitrogen and oxygen atoms in total. The van der Waals surface area contributed by atoms with Crippen molar-refractivity contribution in [2.75, 3.05) is 32.8 Å². The zero-order chi connectivity index (χ0) is 20.7. The Morgan fingerprint density at radius 2 is 1.62 bits per heavy atom. The first-order valence-electron chi connectivity index (χ1n) is 10.2. The molecule has 1 amide bonds. The Balaban J connectivity index is 1.66. The third-order valence-electron chi connectivity index (χ3n) is 4.16. The lowest BCUT2D eigenvalue weighted by molar-refractivity contribution is 0.0944. The maximum absolute atomic E-state index is 12.0. The minimum Gasteiger partial charge on any atom is -0.376 e. The molecule has 0 bridgehead atoms. The van der Waals surface area contributed by atoms with Crippen LogP contribution in [0.3, 0.4) is 0 Å². The standard InChI is InChI=1S/C23H32N4O2/c1-3-24-23(26-15-14-25-22(28)21-12-8-5-9-13-21)27-16-19(2)17-29-18-20-10-6-4-7-11-20/h4-13,19H,3,14-18H2,1-2H3,(H,25,28)(H2,24,26,27). The van der Waals surface area contributed by atoms with E-state index in [9.17, 15) is 4.79 Å². The maximum atomic E-state index is 12.0. The predicted molar refractivity (Wildman–Crippen MR) is 118 cm³/mol. The molecule has 0 aliphatic heterocycles. The second kappa shape index (κ2) is 13.3. The van der Waals surface area contributed by atoms with E-state index in [1.807, 2.05) is 43.3 Å². The molecule has 2 rings (SSSR count). The van der Waals surface area contributed by atoms with Gasteiger partial charge in [0.2, 0.25) is 0 Å². The van der Waals surface area contributed by atoms with Crippen LogP contribution >= 0.6 is 0 Å². The molecule has 3 N–H and O–H groups in total. The molecular weight excluding hydrogens is 364 g/mol. The lowest BCUT2D eigenvalue weighted by Crippen LogP contribution is -2.41. The molecule has 2 aromatic rings. The maximum Gasteiger partial charge on any atom is 0.251 e. The number of carbonyl (C=O) groups is 1. The predicted octanol–water partition coefficient (Wildman–Crippen LogP) is 2.82. The lowest BCUT2D eigenvalue weighted by Gasteiger charge is -2.14. The Morgan fingerprint density at radius 1 is 0.966 bits per heavy atom. The normalized spacial score (nSPS) is 12.3. The van der Waals surface area contributed by atoms with Crippen molar-refractivity contribution in [2.24, 2.45) is 10.9 Å². The van der Waals surface area contributed by atoms with Gasteiger partial charge in [-0.15, -0.1) is 0 Å². The fraction of sp³-hybridized carbons (Fsp3) is 0.391. The van der Waals surface area contributed by atoms with Gasteiger partial charge in [-0.2, -0.15) is 0 Å². The molecule has 29 heavy (non-hydrogen) atoms. The third-order valence-corrected chi connectivity index (χ3v) is 4.16. The number of aliphatic imine (C=N–C) groups is 1. The van der Waals surface area contributed by atoms with Crippen molar-refractivity contribution in [3.05, 3.63) is 71.8 Å². The number of nitrogens with one attached hydrogen (secondary N) is 3. The van der Waals surface area contributed by atoms with Crippen LogP contribution < -0.4 is 16.0 Å². The topological polar surface area (TPSA) is 74.8 Å². The number of ether oxygens (including phenoxy) is 1. The largest absolute Gasteiger partial charge is 0.376 e. The number of rotatable bonds is 11. The zero-order valence-corrected chi connectivity index (χ0v) is 17.4. The molecule has 0 aliphatic carbocycles. The molecule has 0 saturated carbocycles. The van der Waals surface area contributed by atoms with Crippen molar-refractivity contribution in [3.63, 3.8) is 0 Å². The number of guanidine groups is 1. The van der Waals surface area contributed by atoms with Crippen molar-refractivity contribution >= 4 is 11.9 Å². The van der Waals surface area contributed by atoms with Crippen LogP contribution in [0.5, 0.6) is 0 Å². The highest BCUT2D eigenvalue weighted by Gasteiger charge is 2.05. The van der Waals surface area contributed by atoms with Gasteiger partial charge in [0.25, 0.3) is 5.91 Å². The smallest absolute Gasteiger partial charge is 0.251 e. The van der Waals surface area contributed by atoms with Gasteiger partial charge in [0.05, 0.1) is 13.2 Å². The molecule has 6 heteroatoms. The first kappa shape index (κ1) is 22.4. The summed E-state index contributed by atoms with van der Waals surface area (Å²) in [5, 5.41) is 9.37. The highest BCUT2D eigenvalue weighted by Crippen LogP contribution is 2.03. The Morgan fingerprint density at radius 3 is 2.31 bits per heavy atom. The fourth-order valence-electron chi connectivity index (χ4n) is 2.64. The molecule has 0 radical (unpaired) electrons. The number of amides is 1. The Bertz CT molecular complexity index is 735. The van der Waals surface area contributed by atoms with E-state index < -0.39 is 0 Å². The first-order chi connectivity index (χ1) is 14.2. The number of carbonyl (C=O) groups excluding carboxylic acids is 1. The Kier molecular flexibility index (Phi) is 10.3. The van der Waals surface area contributed by atoms with E-state index in [0.717, 1.165) is 12.5 Å². The number of nitrogens with zero attached hydrogens (tertiary/aromatic N) is 1. The molecule has 0 heterocycles. The summed E-state index contributed by atoms with van der Waals surface area (Å²) in [6, 6.07) is 19.4. The summed E-state index contributed by atoms with van der Waals surface area (Å²) in [7, 11) is 0. The monoisotopic (exact) mass is 396 g/mol. The number of hydrogen-bond donors (Lipinski definition) is 3. The second-order valence-corrected chi connectivity index (χ2v) is 6.87. The van der Waals surface area contributed by atoms with Crippen LogP contribution in [0.15, 0.2) is 65.7 Å². The van der Waals surface area contributed by atoms with Crippen molar-refractivity contribution in [3.8, 4) is 0 Å². The molecule has 156 valence electrons. The third kappa shape index (κ3) is 9.25. The highest BCUT2D eigenvalue weighted by molar-refractivity contribution is 5.94. The highest BCUT2D eigenvalue weighted by atomic mass is 16.5. The summed E-state index contributed by atoms with van der Waals surface area (Å²) in [6.07, 6.45) is 0. The molecule has 0 spiro atoms. The van der Waals surface area contributed by atoms with Gasteiger partial charge in [-0.05, 0) is 30.5 Å². The van der Waals surface area contributed by atoms with Crippen molar-refractivity contribution in [2.45, 2.75) is 20.5 Å². The van der Waals surface area contributed by atoms with E-state index in [2.05, 4.69) is 40.0 Å². The molecule has 2 aromatic carbocycles. The molecule has 0 fully saturated rings. The van der Waals surface area contributed by atoms with Crippen LogP contribution in [0.25, 0.3) is 0 Å². The summed E-state index contributed by atoms with van der Waals surface area (Å²) in [6.45, 7) is 8.00. The minimum atomic E-state index is -0.0708. The fourth-order valence-corrected chi connectivity index (χ4v) is 2.64. The summed E-state index contributed by atoms with van der Waals surface area (Å²) in [4.78, 5) is 16.6. The molecule has 1 atom stereocenters. The van der Waals surface area contributed by atoms with Gasteiger partial charge in [0.15, 0.2) is 5.96 Å². The van der Waals surface area contributed by atoms with Crippen LogP contribution in [0.1, 0.15) is 29.8 Å². The molecule has 1 unspecified atom stereocenters. The van der Waals surface area contributed by atoms with E-state index in [1.165, 1.54) is 5.56 Å². The number of hydrogen-bond acceptors (Lipinski definition) is 3. The van der Waals surface area contributed by atoms with E-state index in [0.29, 0.717) is 44.3 Å². The minimum absolute atomic E-state index is 0.0708. The van der Waals surface area contributed by atoms with Gasteiger partial charge in [-0.25, -0.2) is 0 Å². The summed E-state index contributed by atoms with van der Waals surface area (Å²) in [5.41, 5.74) is 1.84. The Labute approximate surface area is 173 Å². The van der Waals surface area contributed by atoms with Crippen LogP contribution in [-0.4, -0.2) is 44.7 Å². The van der Waals surface area contributed by atoms with Crippen molar-refractivity contribution in [1.82, 2.24) is 16.0 Å². The first-order valence-corrected chi connectivity index (χ1v) is 10.2. The molecule has 0 saturated heterocycles. The average Bonchev–Trinajstić information content (AvgIpc) is 2.76. The van der Waals surface area contributed by atoms with E-state index in [1.54, 1.807) is 12.1 Å². The van der Waals surface area contributed by atoms with E-state index in [4.69, 9.17) is 4.74 Å². The summed E-state index contributed by atoms with van der Waals surface area (Å²) < 4.78 is 5.78. The van der Waals surface area contributed by atoms with Gasteiger partial charge in [0.1, 0.15) is 0 Å². The quantitative estimate of drug-likeness (QED) is 0.310. The van der Waals surface area contributed by atoms with Gasteiger partial charge < -0.3 is 20.7 Å². The number of benzene rings is 2. The Hall–Kier alpha value is -2.86. The molecule has 0 aromatic heterocycles. The molecular formula is C23H32N4O2. The average molecular weight is 397 g/mol. The van der Waals surface area contributed by atoms with Gasteiger partial charge in [0, 0.05) is 31.7 Å². The van der Waals surface area contributed by atoms with Crippen LogP contribution in [0, 0.1) is 5.92 Å². The zero-order valence-electron chi connectivity index (χ0n) is 17.4. The van der Waals surface area contributed by atoms with Crippen molar-refractivity contribution < 1.29 is 9.53 Å². The van der Waals surface area contributed by atoms with Crippen LogP contribution in [0.4, 0.5) is 0 Å². The van der Waals surface area contributed by atoms with E-state index >= 15 is 0 Å². The van der Waals surface area contributed by atoms with E-state index in [-0.39, 0.29) is 5.91 Å². The van der Waals surface area contributed by atoms with Gasteiger partial charge >= 0.3 is 0 Å². The second-order valence-electron chi connectivity index (χ2n) is 6.87. The van der Waals surface area contributed by atoms with Gasteiger partial charge in [-0.1, -0.05) is 55.5 Å². The van der Waals surface area contributed by atoms with Crippen LogP contribution in [0.2, 0.25) is 0 Å². The summed E-state index contributed by atoms with van der Waals surface area (Å²) >= 11 is 0.